The summed E-state index contributed by atoms with van der Waals surface area (Å²) in [5, 5.41) is 1.40. The summed E-state index contributed by atoms with van der Waals surface area (Å²) in [6.45, 7) is 4.18. The van der Waals surface area contributed by atoms with Crippen LogP contribution >= 0.6 is 34.2 Å². The lowest BCUT2D eigenvalue weighted by Gasteiger charge is -2.07. The highest BCUT2D eigenvalue weighted by Crippen LogP contribution is 2.27. The normalized spacial score (nSPS) is 11.0. The predicted molar refractivity (Wildman–Crippen MR) is 92.2 cm³/mol. The third kappa shape index (κ3) is 2.52. The number of hydrogen-bond donors (Lipinski definition) is 0. The van der Waals surface area contributed by atoms with E-state index in [1.807, 2.05) is 24.3 Å². The molecule has 0 unspecified atom stereocenters. The quantitative estimate of drug-likeness (QED) is 0.420. The Morgan fingerprint density at radius 3 is 2.50 bits per heavy atom. The van der Waals surface area contributed by atoms with Gasteiger partial charge in [-0.15, -0.1) is 0 Å². The Hall–Kier alpha value is -1.20. The fourth-order valence-corrected chi connectivity index (χ4v) is 2.80. The zero-order valence-electron chi connectivity index (χ0n) is 11.1. The minimum absolute atomic E-state index is 0.502. The van der Waals surface area contributed by atoms with Crippen molar-refractivity contribution in [3.63, 3.8) is 0 Å². The molecule has 1 aromatic heterocycles. The molecule has 0 N–H and O–H groups in total. The Kier molecular flexibility index (Phi) is 3.65. The minimum Gasteiger partial charge on any atom is -0.228 e. The summed E-state index contributed by atoms with van der Waals surface area (Å²) in [6.07, 6.45) is 0. The van der Waals surface area contributed by atoms with Crippen molar-refractivity contribution in [1.82, 2.24) is 9.97 Å². The van der Waals surface area contributed by atoms with Crippen LogP contribution in [0, 0.1) is 17.4 Å². The van der Waals surface area contributed by atoms with Gasteiger partial charge in [0.2, 0.25) is 0 Å². The molecule has 0 saturated carbocycles. The summed E-state index contributed by atoms with van der Waals surface area (Å²) in [4.78, 5) is 9.05. The van der Waals surface area contributed by atoms with Crippen LogP contribution in [0.25, 0.3) is 22.3 Å². The smallest absolute Gasteiger partial charge is 0.161 e. The molecule has 3 rings (SSSR count). The summed E-state index contributed by atoms with van der Waals surface area (Å²) in [6, 6.07) is 12.2. The molecule has 0 aliphatic heterocycles. The van der Waals surface area contributed by atoms with Gasteiger partial charge in [-0.3, -0.25) is 0 Å². The molecule has 20 heavy (non-hydrogen) atoms. The van der Waals surface area contributed by atoms with Crippen LogP contribution in [0.4, 0.5) is 0 Å². The van der Waals surface area contributed by atoms with Crippen LogP contribution in [0.15, 0.2) is 36.4 Å². The van der Waals surface area contributed by atoms with Crippen LogP contribution in [0.2, 0.25) is 5.15 Å². The first kappa shape index (κ1) is 13.8. The number of benzene rings is 2. The molecule has 0 atom stereocenters. The molecule has 0 fully saturated rings. The molecule has 2 nitrogen and oxygen atoms in total. The standard InChI is InChI=1S/C16H12ClIN2/c1-9-3-4-11(7-10(9)2)16-19-14-6-5-12(18)8-13(14)15(17)20-16/h3-8H,1-2H3. The maximum absolute atomic E-state index is 6.30. The number of aromatic nitrogens is 2. The summed E-state index contributed by atoms with van der Waals surface area (Å²) >= 11 is 8.56. The lowest BCUT2D eigenvalue weighted by molar-refractivity contribution is 1.22. The van der Waals surface area contributed by atoms with Gasteiger partial charge in [0.1, 0.15) is 5.15 Å². The number of hydrogen-bond acceptors (Lipinski definition) is 2. The van der Waals surface area contributed by atoms with Gasteiger partial charge < -0.3 is 0 Å². The van der Waals surface area contributed by atoms with E-state index in [9.17, 15) is 0 Å². The van der Waals surface area contributed by atoms with Gasteiger partial charge in [-0.05, 0) is 71.8 Å². The summed E-state index contributed by atoms with van der Waals surface area (Å²) < 4.78 is 1.12. The molecular formula is C16H12ClIN2. The summed E-state index contributed by atoms with van der Waals surface area (Å²) in [5.41, 5.74) is 4.36. The number of halogens is 2. The van der Waals surface area contributed by atoms with Gasteiger partial charge in [-0.2, -0.15) is 0 Å². The molecule has 100 valence electrons. The maximum Gasteiger partial charge on any atom is 0.161 e. The molecule has 3 aromatic rings. The SMILES string of the molecule is Cc1ccc(-c2nc(Cl)c3cc(I)ccc3n2)cc1C. The zero-order chi connectivity index (χ0) is 14.3. The first-order chi connectivity index (χ1) is 9.54. The van der Waals surface area contributed by atoms with Crippen LogP contribution in [-0.2, 0) is 0 Å². The van der Waals surface area contributed by atoms with Gasteiger partial charge in [0.05, 0.1) is 5.52 Å². The average Bonchev–Trinajstić information content (AvgIpc) is 2.42. The first-order valence-electron chi connectivity index (χ1n) is 6.25. The van der Waals surface area contributed by atoms with Crippen LogP contribution in [0.1, 0.15) is 11.1 Å². The highest BCUT2D eigenvalue weighted by atomic mass is 127. The first-order valence-corrected chi connectivity index (χ1v) is 7.71. The summed E-state index contributed by atoms with van der Waals surface area (Å²) in [5.74, 6) is 0.673. The Labute approximate surface area is 136 Å². The van der Waals surface area contributed by atoms with Crippen LogP contribution in [-0.4, -0.2) is 9.97 Å². The number of fused-ring (bicyclic) bond motifs is 1. The second kappa shape index (κ2) is 5.30. The molecule has 1 heterocycles. The average molecular weight is 395 g/mol. The van der Waals surface area contributed by atoms with Crippen molar-refractivity contribution in [3.05, 3.63) is 56.2 Å². The highest BCUT2D eigenvalue weighted by Gasteiger charge is 2.09. The van der Waals surface area contributed by atoms with Crippen LogP contribution in [0.3, 0.4) is 0 Å². The molecular weight excluding hydrogens is 383 g/mol. The number of rotatable bonds is 1. The number of aryl methyl sites for hydroxylation is 2. The van der Waals surface area contributed by atoms with E-state index >= 15 is 0 Å². The molecule has 0 aliphatic rings. The molecule has 0 radical (unpaired) electrons. The van der Waals surface area contributed by atoms with Crippen molar-refractivity contribution < 1.29 is 0 Å². The van der Waals surface area contributed by atoms with E-state index in [-0.39, 0.29) is 0 Å². The summed E-state index contributed by atoms with van der Waals surface area (Å²) in [7, 11) is 0. The van der Waals surface area contributed by atoms with Crippen molar-refractivity contribution in [2.24, 2.45) is 0 Å². The topological polar surface area (TPSA) is 25.8 Å². The van der Waals surface area contributed by atoms with E-state index in [0.29, 0.717) is 11.0 Å². The molecule has 2 aromatic carbocycles. The van der Waals surface area contributed by atoms with Crippen molar-refractivity contribution in [1.29, 1.82) is 0 Å². The van der Waals surface area contributed by atoms with Crippen molar-refractivity contribution in [3.8, 4) is 11.4 Å². The van der Waals surface area contributed by atoms with Crippen molar-refractivity contribution in [2.75, 3.05) is 0 Å². The Bertz CT molecular complexity index is 815. The molecule has 4 heteroatoms. The number of nitrogens with zero attached hydrogens (tertiary/aromatic N) is 2. The fourth-order valence-electron chi connectivity index (χ4n) is 2.07. The third-order valence-electron chi connectivity index (χ3n) is 3.38. The largest absolute Gasteiger partial charge is 0.228 e. The van der Waals surface area contributed by atoms with Crippen molar-refractivity contribution in [2.45, 2.75) is 13.8 Å². The second-order valence-electron chi connectivity index (χ2n) is 4.80. The van der Waals surface area contributed by atoms with Crippen LogP contribution < -0.4 is 0 Å². The van der Waals surface area contributed by atoms with E-state index in [2.05, 4.69) is 58.5 Å². The molecule has 0 bridgehead atoms. The third-order valence-corrected chi connectivity index (χ3v) is 4.34. The Morgan fingerprint density at radius 1 is 0.950 bits per heavy atom. The lowest BCUT2D eigenvalue weighted by atomic mass is 10.1. The van der Waals surface area contributed by atoms with E-state index in [0.717, 1.165) is 20.0 Å². The molecule has 0 saturated heterocycles. The molecule has 0 aliphatic carbocycles. The maximum atomic E-state index is 6.30. The van der Waals surface area contributed by atoms with E-state index in [1.165, 1.54) is 11.1 Å². The van der Waals surface area contributed by atoms with Crippen LogP contribution in [0.5, 0.6) is 0 Å². The predicted octanol–water partition coefficient (Wildman–Crippen LogP) is 5.17. The van der Waals surface area contributed by atoms with Gasteiger partial charge in [-0.25, -0.2) is 9.97 Å². The van der Waals surface area contributed by atoms with Gasteiger partial charge in [-0.1, -0.05) is 23.7 Å². The molecule has 0 amide bonds. The van der Waals surface area contributed by atoms with E-state index in [1.54, 1.807) is 0 Å². The van der Waals surface area contributed by atoms with Crippen molar-refractivity contribution >= 4 is 45.1 Å². The fraction of sp³-hybridized carbons (Fsp3) is 0.125. The minimum atomic E-state index is 0.502. The van der Waals surface area contributed by atoms with E-state index < -0.39 is 0 Å². The van der Waals surface area contributed by atoms with E-state index in [4.69, 9.17) is 11.6 Å². The van der Waals surface area contributed by atoms with Gasteiger partial charge >= 0.3 is 0 Å². The van der Waals surface area contributed by atoms with Gasteiger partial charge in [0, 0.05) is 14.5 Å². The van der Waals surface area contributed by atoms with Gasteiger partial charge in [0.15, 0.2) is 5.82 Å². The van der Waals surface area contributed by atoms with Gasteiger partial charge in [0.25, 0.3) is 0 Å². The Morgan fingerprint density at radius 2 is 1.75 bits per heavy atom. The highest BCUT2D eigenvalue weighted by molar-refractivity contribution is 14.1. The Balaban J connectivity index is 2.21. The monoisotopic (exact) mass is 394 g/mol. The lowest BCUT2D eigenvalue weighted by Crippen LogP contribution is -1.93. The molecule has 0 spiro atoms. The zero-order valence-corrected chi connectivity index (χ0v) is 14.0. The second-order valence-corrected chi connectivity index (χ2v) is 6.40.